The topological polar surface area (TPSA) is 124 Å². The average Bonchev–Trinajstić information content (AvgIpc) is 3.81. The molecule has 0 spiro atoms. The number of aromatic nitrogens is 3. The van der Waals surface area contributed by atoms with Crippen molar-refractivity contribution >= 4 is 21.5 Å². The first-order valence-corrected chi connectivity index (χ1v) is 15.3. The van der Waals surface area contributed by atoms with E-state index in [9.17, 15) is 18.3 Å². The number of aliphatic carboxylic acids is 1. The molecule has 1 aliphatic carbocycles. The summed E-state index contributed by atoms with van der Waals surface area (Å²) in [6.45, 7) is -0.188. The fraction of sp³-hybridized carbons (Fsp3) is 0.152. The van der Waals surface area contributed by atoms with E-state index in [0.29, 0.717) is 18.7 Å². The highest BCUT2D eigenvalue weighted by Gasteiger charge is 2.40. The van der Waals surface area contributed by atoms with Gasteiger partial charge < -0.3 is 9.94 Å². The molecule has 0 saturated heterocycles. The second kappa shape index (κ2) is 11.7. The zero-order valence-electron chi connectivity index (χ0n) is 23.0. The van der Waals surface area contributed by atoms with Crippen LogP contribution in [0.4, 0.5) is 0 Å². The van der Waals surface area contributed by atoms with E-state index in [4.69, 9.17) is 9.94 Å². The number of oxime groups is 1. The van der Waals surface area contributed by atoms with Crippen LogP contribution in [0.25, 0.3) is 0 Å². The van der Waals surface area contributed by atoms with E-state index in [2.05, 4.69) is 10.1 Å². The Labute approximate surface area is 249 Å². The third-order valence-electron chi connectivity index (χ3n) is 7.43. The SMILES string of the molecule is O=C(O)C(=NOCc1ncn(C(c2ccccc2)(c2ccccc2)c2ccccc2)n1)c1ccc(S(=O)(=O)C2CC2)cc1. The summed E-state index contributed by atoms with van der Waals surface area (Å²) in [5.74, 6) is -1.01. The van der Waals surface area contributed by atoms with Crippen molar-refractivity contribution in [2.45, 2.75) is 35.1 Å². The molecule has 1 saturated carbocycles. The van der Waals surface area contributed by atoms with Crippen molar-refractivity contribution < 1.29 is 23.2 Å². The Morgan fingerprint density at radius 1 is 0.837 bits per heavy atom. The highest BCUT2D eigenvalue weighted by molar-refractivity contribution is 7.92. The van der Waals surface area contributed by atoms with Gasteiger partial charge in [-0.15, -0.1) is 0 Å². The number of hydrogen-bond acceptors (Lipinski definition) is 7. The van der Waals surface area contributed by atoms with E-state index in [1.807, 2.05) is 91.0 Å². The number of sulfone groups is 1. The minimum atomic E-state index is -3.39. The second-order valence-electron chi connectivity index (χ2n) is 10.2. The molecule has 1 aliphatic rings. The molecule has 1 fully saturated rings. The van der Waals surface area contributed by atoms with Gasteiger partial charge in [-0.1, -0.05) is 108 Å². The maximum atomic E-state index is 12.5. The lowest BCUT2D eigenvalue weighted by molar-refractivity contribution is -0.129. The molecule has 4 aromatic carbocycles. The van der Waals surface area contributed by atoms with Crippen molar-refractivity contribution in [1.82, 2.24) is 14.8 Å². The molecule has 0 unspecified atom stereocenters. The van der Waals surface area contributed by atoms with Gasteiger partial charge in [0.1, 0.15) is 11.9 Å². The number of carboxylic acid groups (broad SMARTS) is 1. The van der Waals surface area contributed by atoms with Gasteiger partial charge in [-0.05, 0) is 41.7 Å². The minimum absolute atomic E-state index is 0.165. The third-order valence-corrected chi connectivity index (χ3v) is 9.71. The maximum Gasteiger partial charge on any atom is 0.358 e. The fourth-order valence-corrected chi connectivity index (χ4v) is 6.86. The average molecular weight is 593 g/mol. The van der Waals surface area contributed by atoms with Crippen LogP contribution in [-0.4, -0.2) is 45.2 Å². The first-order chi connectivity index (χ1) is 20.9. The molecule has 5 aromatic rings. The molecule has 10 heteroatoms. The van der Waals surface area contributed by atoms with Gasteiger partial charge in [0.2, 0.25) is 0 Å². The van der Waals surface area contributed by atoms with Crippen molar-refractivity contribution in [2.75, 3.05) is 0 Å². The molecule has 1 N–H and O–H groups in total. The number of rotatable bonds is 11. The molecule has 0 atom stereocenters. The van der Waals surface area contributed by atoms with Gasteiger partial charge in [-0.3, -0.25) is 0 Å². The molecule has 0 bridgehead atoms. The van der Waals surface area contributed by atoms with Crippen LogP contribution in [0.3, 0.4) is 0 Å². The van der Waals surface area contributed by atoms with E-state index in [1.165, 1.54) is 24.3 Å². The Morgan fingerprint density at radius 3 is 1.81 bits per heavy atom. The van der Waals surface area contributed by atoms with E-state index in [0.717, 1.165) is 16.7 Å². The summed E-state index contributed by atoms with van der Waals surface area (Å²) in [7, 11) is -3.39. The van der Waals surface area contributed by atoms with Gasteiger partial charge in [-0.2, -0.15) is 5.10 Å². The summed E-state index contributed by atoms with van der Waals surface area (Å²) in [6, 6.07) is 35.7. The Morgan fingerprint density at radius 2 is 1.35 bits per heavy atom. The summed E-state index contributed by atoms with van der Waals surface area (Å²) in [5.41, 5.74) is 1.93. The van der Waals surface area contributed by atoms with Crippen LogP contribution in [0.5, 0.6) is 0 Å². The predicted molar refractivity (Wildman–Crippen MR) is 160 cm³/mol. The number of carbonyl (C=O) groups is 1. The summed E-state index contributed by atoms with van der Waals surface area (Å²) >= 11 is 0. The first-order valence-electron chi connectivity index (χ1n) is 13.8. The van der Waals surface area contributed by atoms with Crippen molar-refractivity contribution in [1.29, 1.82) is 0 Å². The molecular formula is C33H28N4O5S. The predicted octanol–water partition coefficient (Wildman–Crippen LogP) is 5.06. The molecule has 6 rings (SSSR count). The Hall–Kier alpha value is -5.09. The number of benzene rings is 4. The monoisotopic (exact) mass is 592 g/mol. The largest absolute Gasteiger partial charge is 0.476 e. The number of carboxylic acids is 1. The molecule has 1 heterocycles. The van der Waals surface area contributed by atoms with E-state index in [1.54, 1.807) is 11.0 Å². The van der Waals surface area contributed by atoms with Crippen molar-refractivity contribution in [3.05, 3.63) is 150 Å². The van der Waals surface area contributed by atoms with Crippen LogP contribution in [0.1, 0.15) is 40.9 Å². The smallest absolute Gasteiger partial charge is 0.358 e. The molecule has 216 valence electrons. The highest BCUT2D eigenvalue weighted by atomic mass is 32.2. The quantitative estimate of drug-likeness (QED) is 0.129. The van der Waals surface area contributed by atoms with E-state index < -0.39 is 21.3 Å². The molecule has 43 heavy (non-hydrogen) atoms. The van der Waals surface area contributed by atoms with Gasteiger partial charge in [0, 0.05) is 5.56 Å². The maximum absolute atomic E-state index is 12.5. The lowest BCUT2D eigenvalue weighted by Gasteiger charge is -2.35. The Bertz CT molecular complexity index is 1760. The van der Waals surface area contributed by atoms with Gasteiger partial charge in [0.05, 0.1) is 10.1 Å². The Kier molecular flexibility index (Phi) is 7.60. The van der Waals surface area contributed by atoms with Gasteiger partial charge >= 0.3 is 5.97 Å². The van der Waals surface area contributed by atoms with Crippen molar-refractivity contribution in [3.63, 3.8) is 0 Å². The van der Waals surface area contributed by atoms with Crippen LogP contribution in [-0.2, 0) is 31.6 Å². The molecule has 0 radical (unpaired) electrons. The molecular weight excluding hydrogens is 564 g/mol. The van der Waals surface area contributed by atoms with Gasteiger partial charge in [0.15, 0.2) is 28.0 Å². The lowest BCUT2D eigenvalue weighted by atomic mass is 9.77. The normalized spacial score (nSPS) is 13.9. The first kappa shape index (κ1) is 28.0. The molecule has 9 nitrogen and oxygen atoms in total. The second-order valence-corrected chi connectivity index (χ2v) is 12.4. The van der Waals surface area contributed by atoms with Crippen LogP contribution < -0.4 is 0 Å². The summed E-state index contributed by atoms with van der Waals surface area (Å²) in [5, 5.41) is 18.1. The summed E-state index contributed by atoms with van der Waals surface area (Å²) in [6.07, 6.45) is 2.92. The molecule has 0 amide bonds. The van der Waals surface area contributed by atoms with E-state index in [-0.39, 0.29) is 28.0 Å². The van der Waals surface area contributed by atoms with Crippen LogP contribution in [0.2, 0.25) is 0 Å². The summed E-state index contributed by atoms with van der Waals surface area (Å²) in [4.78, 5) is 22.1. The van der Waals surface area contributed by atoms with Gasteiger partial charge in [-0.25, -0.2) is 22.9 Å². The van der Waals surface area contributed by atoms with E-state index >= 15 is 0 Å². The standard InChI is InChI=1S/C33H28N4O5S/c38-32(39)31(24-16-18-28(19-17-24)43(40,41)29-20-21-29)36-42-22-30-34-23-37(35-30)33(25-10-4-1-5-11-25,26-12-6-2-7-13-26)27-14-8-3-9-15-27/h1-19,23,29H,20-22H2,(H,38,39). The van der Waals surface area contributed by atoms with Crippen LogP contribution in [0.15, 0.2) is 132 Å². The minimum Gasteiger partial charge on any atom is -0.476 e. The zero-order valence-corrected chi connectivity index (χ0v) is 23.8. The van der Waals surface area contributed by atoms with Gasteiger partial charge in [0.25, 0.3) is 0 Å². The summed E-state index contributed by atoms with van der Waals surface area (Å²) < 4.78 is 26.8. The lowest BCUT2D eigenvalue weighted by Crippen LogP contribution is -2.38. The van der Waals surface area contributed by atoms with Crippen molar-refractivity contribution in [3.8, 4) is 0 Å². The highest BCUT2D eigenvalue weighted by Crippen LogP contribution is 2.40. The fourth-order valence-electron chi connectivity index (χ4n) is 5.20. The third kappa shape index (κ3) is 5.44. The van der Waals surface area contributed by atoms with Crippen LogP contribution >= 0.6 is 0 Å². The van der Waals surface area contributed by atoms with Crippen molar-refractivity contribution in [2.24, 2.45) is 5.16 Å². The van der Waals surface area contributed by atoms with Crippen LogP contribution in [0, 0.1) is 0 Å². The number of hydrogen-bond donors (Lipinski definition) is 1. The molecule has 0 aliphatic heterocycles. The molecule has 1 aromatic heterocycles. The Balaban J connectivity index is 1.31. The number of nitrogens with zero attached hydrogens (tertiary/aromatic N) is 4. The zero-order chi connectivity index (χ0) is 29.9.